The number of carbonyl (C=O) groups excluding carboxylic acids is 2. The van der Waals surface area contributed by atoms with Gasteiger partial charge in [0.1, 0.15) is 0 Å². The lowest BCUT2D eigenvalue weighted by Gasteiger charge is -2.31. The number of halogens is 1. The van der Waals surface area contributed by atoms with Gasteiger partial charge in [0, 0.05) is 17.8 Å². The first-order chi connectivity index (χ1) is 12.5. The number of aryl methyl sites for hydroxylation is 1. The Labute approximate surface area is 156 Å². The molecule has 5 nitrogen and oxygen atoms in total. The van der Waals surface area contributed by atoms with Crippen molar-refractivity contribution >= 4 is 29.2 Å². The zero-order chi connectivity index (χ0) is 18.4. The molecule has 0 fully saturated rings. The first-order valence-corrected chi connectivity index (χ1v) is 8.75. The second kappa shape index (κ2) is 6.18. The van der Waals surface area contributed by atoms with Crippen molar-refractivity contribution < 1.29 is 9.59 Å². The molecule has 1 N–H and O–H groups in total. The molecule has 0 saturated heterocycles. The molecule has 0 aliphatic carbocycles. The van der Waals surface area contributed by atoms with E-state index in [-0.39, 0.29) is 11.9 Å². The van der Waals surface area contributed by atoms with Crippen LogP contribution in [-0.4, -0.2) is 30.4 Å². The maximum Gasteiger partial charge on any atom is 0.322 e. The summed E-state index contributed by atoms with van der Waals surface area (Å²) in [6.45, 7) is 2.39. The molecule has 26 heavy (non-hydrogen) atoms. The molecule has 0 unspecified atom stereocenters. The highest BCUT2D eigenvalue weighted by Crippen LogP contribution is 2.37. The number of urea groups is 1. The lowest BCUT2D eigenvalue weighted by Crippen LogP contribution is -2.45. The average molecular weight is 368 g/mol. The topological polar surface area (TPSA) is 52.7 Å². The van der Waals surface area contributed by atoms with E-state index in [2.05, 4.69) is 5.32 Å². The van der Waals surface area contributed by atoms with Crippen LogP contribution in [-0.2, 0) is 4.79 Å². The van der Waals surface area contributed by atoms with Crippen LogP contribution >= 0.6 is 11.6 Å². The van der Waals surface area contributed by atoms with Gasteiger partial charge in [-0.25, -0.2) is 4.79 Å². The fourth-order valence-electron chi connectivity index (χ4n) is 3.41. The normalized spacial score (nSPS) is 19.7. The number of amides is 3. The summed E-state index contributed by atoms with van der Waals surface area (Å²) in [5.41, 5.74) is 4.13. The SMILES string of the molecule is Cc1ccc(N2CC3=C(C2=O)[C@H](c2ccc(Cl)cc2)NC(=O)N3C)cc1. The van der Waals surface area contributed by atoms with Gasteiger partial charge in [-0.1, -0.05) is 41.4 Å². The number of likely N-dealkylation sites (N-methyl/N-ethyl adjacent to an activating group) is 1. The van der Waals surface area contributed by atoms with Crippen LogP contribution in [0.15, 0.2) is 59.8 Å². The monoisotopic (exact) mass is 367 g/mol. The van der Waals surface area contributed by atoms with Crippen molar-refractivity contribution in [1.29, 1.82) is 0 Å². The van der Waals surface area contributed by atoms with Crippen molar-refractivity contribution in [1.82, 2.24) is 10.2 Å². The Bertz CT molecular complexity index is 919. The van der Waals surface area contributed by atoms with Gasteiger partial charge in [-0.3, -0.25) is 9.69 Å². The van der Waals surface area contributed by atoms with Gasteiger partial charge in [0.25, 0.3) is 5.91 Å². The van der Waals surface area contributed by atoms with E-state index in [4.69, 9.17) is 11.6 Å². The number of carbonyl (C=O) groups is 2. The van der Waals surface area contributed by atoms with E-state index in [1.54, 1.807) is 24.1 Å². The van der Waals surface area contributed by atoms with Gasteiger partial charge in [0.15, 0.2) is 0 Å². The highest BCUT2D eigenvalue weighted by Gasteiger charge is 2.43. The van der Waals surface area contributed by atoms with Crippen LogP contribution < -0.4 is 10.2 Å². The maximum absolute atomic E-state index is 13.2. The lowest BCUT2D eigenvalue weighted by molar-refractivity contribution is -0.114. The van der Waals surface area contributed by atoms with Crippen molar-refractivity contribution in [2.45, 2.75) is 13.0 Å². The van der Waals surface area contributed by atoms with E-state index in [1.807, 2.05) is 43.3 Å². The fourth-order valence-corrected chi connectivity index (χ4v) is 3.53. The largest absolute Gasteiger partial charge is 0.327 e. The standard InChI is InChI=1S/C20H18ClN3O2/c1-12-3-9-15(10-4-12)24-11-16-17(19(24)25)18(22-20(26)23(16)2)13-5-7-14(21)8-6-13/h3-10,18H,11H2,1-2H3,(H,22,26)/t18-/m0/s1. The van der Waals surface area contributed by atoms with E-state index in [0.29, 0.717) is 17.1 Å². The predicted molar refractivity (Wildman–Crippen MR) is 101 cm³/mol. The smallest absolute Gasteiger partial charge is 0.322 e. The quantitative estimate of drug-likeness (QED) is 0.880. The van der Waals surface area contributed by atoms with Gasteiger partial charge in [-0.15, -0.1) is 0 Å². The van der Waals surface area contributed by atoms with Crippen molar-refractivity contribution in [2.75, 3.05) is 18.5 Å². The molecule has 1 atom stereocenters. The minimum absolute atomic E-state index is 0.0874. The summed E-state index contributed by atoms with van der Waals surface area (Å²) in [7, 11) is 1.69. The molecule has 3 amide bonds. The zero-order valence-corrected chi connectivity index (χ0v) is 15.2. The number of nitrogens with zero attached hydrogens (tertiary/aromatic N) is 2. The van der Waals surface area contributed by atoms with Crippen LogP contribution in [0.3, 0.4) is 0 Å². The molecule has 4 rings (SSSR count). The maximum atomic E-state index is 13.2. The minimum Gasteiger partial charge on any atom is -0.327 e. The molecule has 2 aliphatic heterocycles. The highest BCUT2D eigenvalue weighted by molar-refractivity contribution is 6.30. The van der Waals surface area contributed by atoms with E-state index in [9.17, 15) is 9.59 Å². The van der Waals surface area contributed by atoms with Crippen molar-refractivity contribution in [3.05, 3.63) is 76.0 Å². The van der Waals surface area contributed by atoms with Crippen LogP contribution in [0.5, 0.6) is 0 Å². The molecule has 0 aromatic heterocycles. The molecule has 6 heteroatoms. The molecule has 0 bridgehead atoms. The number of benzene rings is 2. The number of rotatable bonds is 2. The molecular formula is C20H18ClN3O2. The third-order valence-electron chi connectivity index (χ3n) is 4.91. The summed E-state index contributed by atoms with van der Waals surface area (Å²) >= 11 is 5.98. The van der Waals surface area contributed by atoms with Crippen LogP contribution in [0.1, 0.15) is 17.2 Å². The first kappa shape index (κ1) is 16.7. The zero-order valence-electron chi connectivity index (χ0n) is 14.5. The second-order valence-electron chi connectivity index (χ2n) is 6.58. The van der Waals surface area contributed by atoms with Crippen LogP contribution in [0.4, 0.5) is 10.5 Å². The Morgan fingerprint density at radius 2 is 1.69 bits per heavy atom. The van der Waals surface area contributed by atoms with Gasteiger partial charge in [-0.05, 0) is 36.8 Å². The van der Waals surface area contributed by atoms with Gasteiger partial charge < -0.3 is 10.2 Å². The number of nitrogens with one attached hydrogen (secondary N) is 1. The van der Waals surface area contributed by atoms with Crippen LogP contribution in [0.25, 0.3) is 0 Å². The van der Waals surface area contributed by atoms with Gasteiger partial charge in [-0.2, -0.15) is 0 Å². The molecule has 132 valence electrons. The minimum atomic E-state index is -0.478. The number of anilines is 1. The predicted octanol–water partition coefficient (Wildman–Crippen LogP) is 3.65. The summed E-state index contributed by atoms with van der Waals surface area (Å²) in [6.07, 6.45) is 0. The van der Waals surface area contributed by atoms with Gasteiger partial charge in [0.2, 0.25) is 0 Å². The summed E-state index contributed by atoms with van der Waals surface area (Å²) in [5, 5.41) is 3.54. The van der Waals surface area contributed by atoms with Gasteiger partial charge in [0.05, 0.1) is 23.9 Å². The van der Waals surface area contributed by atoms with E-state index in [0.717, 1.165) is 22.5 Å². The van der Waals surface area contributed by atoms with Gasteiger partial charge >= 0.3 is 6.03 Å². The Balaban J connectivity index is 1.75. The second-order valence-corrected chi connectivity index (χ2v) is 7.02. The third kappa shape index (κ3) is 2.65. The average Bonchev–Trinajstić information content (AvgIpc) is 2.97. The van der Waals surface area contributed by atoms with Crippen LogP contribution in [0, 0.1) is 6.92 Å². The van der Waals surface area contributed by atoms with E-state index in [1.165, 1.54) is 4.90 Å². The Kier molecular flexibility index (Phi) is 3.96. The molecule has 0 saturated carbocycles. The Hall–Kier alpha value is -2.79. The molecule has 2 aromatic rings. The van der Waals surface area contributed by atoms with Crippen molar-refractivity contribution in [2.24, 2.45) is 0 Å². The summed E-state index contributed by atoms with van der Waals surface area (Å²) < 4.78 is 0. The lowest BCUT2D eigenvalue weighted by atomic mass is 9.96. The number of hydrogen-bond donors (Lipinski definition) is 1. The van der Waals surface area contributed by atoms with E-state index < -0.39 is 6.04 Å². The molecule has 2 aliphatic rings. The van der Waals surface area contributed by atoms with Crippen molar-refractivity contribution in [3.63, 3.8) is 0 Å². The van der Waals surface area contributed by atoms with Crippen LogP contribution in [0.2, 0.25) is 5.02 Å². The van der Waals surface area contributed by atoms with E-state index >= 15 is 0 Å². The molecule has 2 aromatic carbocycles. The molecule has 2 heterocycles. The first-order valence-electron chi connectivity index (χ1n) is 8.37. The van der Waals surface area contributed by atoms with Crippen molar-refractivity contribution in [3.8, 4) is 0 Å². The molecule has 0 radical (unpaired) electrons. The summed E-state index contributed by atoms with van der Waals surface area (Å²) in [6, 6.07) is 14.3. The summed E-state index contributed by atoms with van der Waals surface area (Å²) in [4.78, 5) is 28.8. The molecular weight excluding hydrogens is 350 g/mol. The third-order valence-corrected chi connectivity index (χ3v) is 5.16. The molecule has 0 spiro atoms. The summed E-state index contributed by atoms with van der Waals surface area (Å²) in [5.74, 6) is -0.0874. The Morgan fingerprint density at radius 1 is 1.04 bits per heavy atom. The fraction of sp³-hybridized carbons (Fsp3) is 0.200. The number of hydrogen-bond acceptors (Lipinski definition) is 2. The Morgan fingerprint density at radius 3 is 2.35 bits per heavy atom. The highest BCUT2D eigenvalue weighted by atomic mass is 35.5.